The summed E-state index contributed by atoms with van der Waals surface area (Å²) < 4.78 is 5.27. The third-order valence-corrected chi connectivity index (χ3v) is 3.11. The Balaban J connectivity index is 1.99. The summed E-state index contributed by atoms with van der Waals surface area (Å²) in [5, 5.41) is 3.94. The zero-order valence-corrected chi connectivity index (χ0v) is 12.0. The van der Waals surface area contributed by atoms with E-state index in [0.717, 1.165) is 31.8 Å². The Morgan fingerprint density at radius 2 is 2.00 bits per heavy atom. The van der Waals surface area contributed by atoms with Crippen LogP contribution in [0.2, 0.25) is 0 Å². The maximum atomic E-state index is 5.61. The summed E-state index contributed by atoms with van der Waals surface area (Å²) in [7, 11) is 0. The SMILES string of the molecule is CCc1noc(CN(CCCN)Cc2ccccc2)n1. The molecule has 20 heavy (non-hydrogen) atoms. The van der Waals surface area contributed by atoms with Crippen molar-refractivity contribution in [1.29, 1.82) is 0 Å². The summed E-state index contributed by atoms with van der Waals surface area (Å²) in [5.41, 5.74) is 6.89. The molecule has 0 atom stereocenters. The van der Waals surface area contributed by atoms with Gasteiger partial charge in [-0.05, 0) is 18.5 Å². The molecule has 0 aliphatic heterocycles. The summed E-state index contributed by atoms with van der Waals surface area (Å²) in [4.78, 5) is 6.65. The summed E-state index contributed by atoms with van der Waals surface area (Å²) in [6.07, 6.45) is 1.76. The number of aromatic nitrogens is 2. The fraction of sp³-hybridized carbons (Fsp3) is 0.467. The molecule has 5 heteroatoms. The first-order valence-corrected chi connectivity index (χ1v) is 7.09. The molecule has 0 saturated carbocycles. The molecule has 5 nitrogen and oxygen atoms in total. The zero-order chi connectivity index (χ0) is 14.2. The van der Waals surface area contributed by atoms with Gasteiger partial charge in [0.15, 0.2) is 5.82 Å². The molecule has 0 unspecified atom stereocenters. The molecular formula is C15H22N4O. The molecule has 0 bridgehead atoms. The third kappa shape index (κ3) is 4.43. The normalized spacial score (nSPS) is 11.2. The Kier molecular flexibility index (Phi) is 5.70. The standard InChI is InChI=1S/C15H22N4O/c1-2-14-17-15(20-18-14)12-19(10-6-9-16)11-13-7-4-3-5-8-13/h3-5,7-8H,2,6,9-12,16H2,1H3. The van der Waals surface area contributed by atoms with E-state index >= 15 is 0 Å². The van der Waals surface area contributed by atoms with Gasteiger partial charge in [0, 0.05) is 19.5 Å². The summed E-state index contributed by atoms with van der Waals surface area (Å²) >= 11 is 0. The van der Waals surface area contributed by atoms with Crippen LogP contribution < -0.4 is 5.73 Å². The molecule has 1 heterocycles. The average molecular weight is 274 g/mol. The second-order valence-corrected chi connectivity index (χ2v) is 4.80. The number of rotatable bonds is 8. The van der Waals surface area contributed by atoms with Gasteiger partial charge in [0.05, 0.1) is 6.54 Å². The minimum atomic E-state index is 0.669. The van der Waals surface area contributed by atoms with Crippen molar-refractivity contribution in [3.8, 4) is 0 Å². The fourth-order valence-corrected chi connectivity index (χ4v) is 2.06. The lowest BCUT2D eigenvalue weighted by molar-refractivity contribution is 0.217. The molecule has 108 valence electrons. The smallest absolute Gasteiger partial charge is 0.240 e. The first kappa shape index (κ1) is 14.7. The van der Waals surface area contributed by atoms with Crippen molar-refractivity contribution in [2.75, 3.05) is 13.1 Å². The molecule has 1 aromatic heterocycles. The summed E-state index contributed by atoms with van der Waals surface area (Å²) in [5.74, 6) is 1.44. The molecule has 0 spiro atoms. The first-order valence-electron chi connectivity index (χ1n) is 7.09. The highest BCUT2D eigenvalue weighted by Crippen LogP contribution is 2.09. The van der Waals surface area contributed by atoms with Gasteiger partial charge >= 0.3 is 0 Å². The second-order valence-electron chi connectivity index (χ2n) is 4.80. The largest absolute Gasteiger partial charge is 0.338 e. The van der Waals surface area contributed by atoms with Gasteiger partial charge in [-0.15, -0.1) is 0 Å². The van der Waals surface area contributed by atoms with Gasteiger partial charge in [-0.2, -0.15) is 4.98 Å². The molecule has 0 radical (unpaired) electrons. The Labute approximate surface area is 119 Å². The lowest BCUT2D eigenvalue weighted by Crippen LogP contribution is -2.25. The molecule has 1 aromatic carbocycles. The first-order chi connectivity index (χ1) is 9.81. The number of hydrogen-bond donors (Lipinski definition) is 1. The predicted molar refractivity (Wildman–Crippen MR) is 77.9 cm³/mol. The molecule has 2 rings (SSSR count). The van der Waals surface area contributed by atoms with Crippen LogP contribution in [0.15, 0.2) is 34.9 Å². The Hall–Kier alpha value is -1.72. The third-order valence-electron chi connectivity index (χ3n) is 3.11. The van der Waals surface area contributed by atoms with Crippen LogP contribution in [0.4, 0.5) is 0 Å². The van der Waals surface area contributed by atoms with E-state index in [0.29, 0.717) is 19.0 Å². The van der Waals surface area contributed by atoms with Gasteiger partial charge in [-0.25, -0.2) is 0 Å². The number of aryl methyl sites for hydroxylation is 1. The molecular weight excluding hydrogens is 252 g/mol. The van der Waals surface area contributed by atoms with Gasteiger partial charge in [0.2, 0.25) is 5.89 Å². The Morgan fingerprint density at radius 1 is 1.20 bits per heavy atom. The van der Waals surface area contributed by atoms with Gasteiger partial charge < -0.3 is 10.3 Å². The predicted octanol–water partition coefficient (Wildman–Crippen LogP) is 1.98. The van der Waals surface area contributed by atoms with Crippen molar-refractivity contribution in [3.63, 3.8) is 0 Å². The van der Waals surface area contributed by atoms with Crippen LogP contribution in [0.25, 0.3) is 0 Å². The number of hydrogen-bond acceptors (Lipinski definition) is 5. The molecule has 0 saturated heterocycles. The zero-order valence-electron chi connectivity index (χ0n) is 12.0. The van der Waals surface area contributed by atoms with E-state index in [4.69, 9.17) is 10.3 Å². The fourth-order valence-electron chi connectivity index (χ4n) is 2.06. The molecule has 0 aliphatic carbocycles. The number of benzene rings is 1. The van der Waals surface area contributed by atoms with Crippen LogP contribution in [-0.2, 0) is 19.5 Å². The van der Waals surface area contributed by atoms with Crippen molar-refractivity contribution in [2.45, 2.75) is 32.9 Å². The van der Waals surface area contributed by atoms with Crippen LogP contribution in [0.1, 0.15) is 30.6 Å². The summed E-state index contributed by atoms with van der Waals surface area (Å²) in [6, 6.07) is 10.4. The van der Waals surface area contributed by atoms with Crippen molar-refractivity contribution < 1.29 is 4.52 Å². The van der Waals surface area contributed by atoms with E-state index in [2.05, 4.69) is 39.3 Å². The van der Waals surface area contributed by atoms with Gasteiger partial charge in [0.1, 0.15) is 0 Å². The van der Waals surface area contributed by atoms with E-state index in [9.17, 15) is 0 Å². The van der Waals surface area contributed by atoms with E-state index in [1.807, 2.05) is 13.0 Å². The van der Waals surface area contributed by atoms with Gasteiger partial charge in [0.25, 0.3) is 0 Å². The Bertz CT molecular complexity index is 498. The molecule has 0 fully saturated rings. The van der Waals surface area contributed by atoms with Crippen molar-refractivity contribution in [1.82, 2.24) is 15.0 Å². The minimum absolute atomic E-state index is 0.669. The Morgan fingerprint density at radius 3 is 2.65 bits per heavy atom. The van der Waals surface area contributed by atoms with Gasteiger partial charge in [-0.1, -0.05) is 42.4 Å². The van der Waals surface area contributed by atoms with Gasteiger partial charge in [-0.3, -0.25) is 4.90 Å². The lowest BCUT2D eigenvalue weighted by atomic mass is 10.2. The van der Waals surface area contributed by atoms with Crippen molar-refractivity contribution in [3.05, 3.63) is 47.6 Å². The second kappa shape index (κ2) is 7.77. The summed E-state index contributed by atoms with van der Waals surface area (Å²) in [6.45, 7) is 5.17. The van der Waals surface area contributed by atoms with Crippen LogP contribution in [-0.4, -0.2) is 28.1 Å². The molecule has 2 aromatic rings. The highest BCUT2D eigenvalue weighted by molar-refractivity contribution is 5.14. The van der Waals surface area contributed by atoms with Crippen LogP contribution in [0, 0.1) is 0 Å². The van der Waals surface area contributed by atoms with Crippen molar-refractivity contribution in [2.24, 2.45) is 5.73 Å². The van der Waals surface area contributed by atoms with Crippen LogP contribution >= 0.6 is 0 Å². The quantitative estimate of drug-likeness (QED) is 0.797. The number of nitrogens with zero attached hydrogens (tertiary/aromatic N) is 3. The van der Waals surface area contributed by atoms with E-state index in [1.54, 1.807) is 0 Å². The monoisotopic (exact) mass is 274 g/mol. The molecule has 0 aliphatic rings. The average Bonchev–Trinajstić information content (AvgIpc) is 2.93. The van der Waals surface area contributed by atoms with E-state index in [-0.39, 0.29) is 0 Å². The molecule has 0 amide bonds. The van der Waals surface area contributed by atoms with E-state index < -0.39 is 0 Å². The molecule has 2 N–H and O–H groups in total. The minimum Gasteiger partial charge on any atom is -0.338 e. The maximum absolute atomic E-state index is 5.61. The van der Waals surface area contributed by atoms with Crippen LogP contribution in [0.5, 0.6) is 0 Å². The maximum Gasteiger partial charge on any atom is 0.240 e. The van der Waals surface area contributed by atoms with E-state index in [1.165, 1.54) is 5.56 Å². The number of nitrogens with two attached hydrogens (primary N) is 1. The highest BCUT2D eigenvalue weighted by Gasteiger charge is 2.11. The highest BCUT2D eigenvalue weighted by atomic mass is 16.5. The van der Waals surface area contributed by atoms with Crippen LogP contribution in [0.3, 0.4) is 0 Å². The lowest BCUT2D eigenvalue weighted by Gasteiger charge is -2.20. The topological polar surface area (TPSA) is 68.2 Å². The van der Waals surface area contributed by atoms with Crippen molar-refractivity contribution >= 4 is 0 Å².